The second-order valence-corrected chi connectivity index (χ2v) is 2.12. The van der Waals surface area contributed by atoms with Crippen molar-refractivity contribution in [2.75, 3.05) is 7.11 Å². The summed E-state index contributed by atoms with van der Waals surface area (Å²) in [6, 6.07) is -0.984. The fraction of sp³-hybridized carbons (Fsp3) is 0.833. The predicted octanol–water partition coefficient (Wildman–Crippen LogP) is -0.776. The quantitative estimate of drug-likeness (QED) is 0.512. The lowest BCUT2D eigenvalue weighted by Crippen LogP contribution is -2.47. The van der Waals surface area contributed by atoms with Crippen LogP contribution in [0.15, 0.2) is 0 Å². The lowest BCUT2D eigenvalue weighted by atomic mass is 10.1. The smallest absolute Gasteiger partial charge is 0.324 e. The van der Waals surface area contributed by atoms with Crippen LogP contribution in [0.3, 0.4) is 0 Å². The molecule has 0 rings (SSSR count). The molecule has 0 aromatic heterocycles. The van der Waals surface area contributed by atoms with Crippen molar-refractivity contribution in [3.63, 3.8) is 0 Å². The lowest BCUT2D eigenvalue weighted by Gasteiger charge is -2.14. The van der Waals surface area contributed by atoms with Crippen molar-refractivity contribution in [2.24, 2.45) is 11.5 Å². The van der Waals surface area contributed by atoms with Crippen LogP contribution in [0.1, 0.15) is 13.3 Å². The average Bonchev–Trinajstić information content (AvgIpc) is 2.00. The Morgan fingerprint density at radius 2 is 2.10 bits per heavy atom. The van der Waals surface area contributed by atoms with Gasteiger partial charge in [-0.15, -0.1) is 0 Å². The molecule has 0 aromatic carbocycles. The van der Waals surface area contributed by atoms with E-state index in [1.54, 1.807) is 0 Å². The van der Waals surface area contributed by atoms with Gasteiger partial charge in [0.05, 0.1) is 7.11 Å². The molecule has 10 heavy (non-hydrogen) atoms. The number of hydrogen-bond donors (Lipinski definition) is 2. The van der Waals surface area contributed by atoms with E-state index in [2.05, 4.69) is 4.74 Å². The fourth-order valence-corrected chi connectivity index (χ4v) is 0.565. The van der Waals surface area contributed by atoms with Gasteiger partial charge >= 0.3 is 5.97 Å². The second-order valence-electron chi connectivity index (χ2n) is 2.12. The summed E-state index contributed by atoms with van der Waals surface area (Å²) in [4.78, 5) is 10.7. The fourth-order valence-electron chi connectivity index (χ4n) is 0.565. The predicted molar refractivity (Wildman–Crippen MR) is 38.3 cm³/mol. The molecular weight excluding hydrogens is 132 g/mol. The summed E-state index contributed by atoms with van der Waals surface area (Å²) >= 11 is 0. The van der Waals surface area contributed by atoms with Crippen LogP contribution >= 0.6 is 0 Å². The molecule has 4 N–H and O–H groups in total. The summed E-state index contributed by atoms with van der Waals surface area (Å²) in [6.07, 6.45) is 0.677. The number of nitrogens with two attached hydrogens (primary N) is 2. The average molecular weight is 146 g/mol. The number of rotatable bonds is 3. The van der Waals surface area contributed by atoms with Crippen LogP contribution in [-0.2, 0) is 9.53 Å². The highest BCUT2D eigenvalue weighted by atomic mass is 16.5. The van der Waals surface area contributed by atoms with Crippen LogP contribution in [0.25, 0.3) is 0 Å². The van der Waals surface area contributed by atoms with Crippen LogP contribution in [0.4, 0.5) is 0 Å². The molecule has 2 unspecified atom stereocenters. The van der Waals surface area contributed by atoms with Gasteiger partial charge in [-0.25, -0.2) is 0 Å². The summed E-state index contributed by atoms with van der Waals surface area (Å²) in [7, 11) is 1.30. The molecule has 2 atom stereocenters. The second kappa shape index (κ2) is 4.24. The molecule has 0 aliphatic heterocycles. The van der Waals surface area contributed by atoms with E-state index in [4.69, 9.17) is 11.5 Å². The maximum absolute atomic E-state index is 10.7. The third-order valence-corrected chi connectivity index (χ3v) is 1.41. The normalized spacial score (nSPS) is 16.0. The minimum absolute atomic E-state index is 0.299. The largest absolute Gasteiger partial charge is 0.468 e. The molecule has 0 fully saturated rings. The lowest BCUT2D eigenvalue weighted by molar-refractivity contribution is -0.142. The zero-order valence-electron chi connectivity index (χ0n) is 6.33. The Kier molecular flexibility index (Phi) is 3.99. The highest BCUT2D eigenvalue weighted by Crippen LogP contribution is 1.93. The van der Waals surface area contributed by atoms with E-state index in [-0.39, 0.29) is 6.04 Å². The van der Waals surface area contributed by atoms with Crippen molar-refractivity contribution >= 4 is 5.97 Å². The molecule has 0 aliphatic rings. The van der Waals surface area contributed by atoms with Gasteiger partial charge in [0.25, 0.3) is 0 Å². The number of carbonyl (C=O) groups excluding carboxylic acids is 1. The first-order valence-electron chi connectivity index (χ1n) is 3.22. The molecule has 0 heterocycles. The zero-order chi connectivity index (χ0) is 8.15. The van der Waals surface area contributed by atoms with Gasteiger partial charge in [0.2, 0.25) is 0 Å². The first kappa shape index (κ1) is 9.39. The van der Waals surface area contributed by atoms with Crippen LogP contribution in [0.5, 0.6) is 0 Å². The molecule has 0 aliphatic carbocycles. The highest BCUT2D eigenvalue weighted by Gasteiger charge is 2.19. The Morgan fingerprint density at radius 1 is 1.60 bits per heavy atom. The maximum atomic E-state index is 10.7. The number of methoxy groups -OCH3 is 1. The highest BCUT2D eigenvalue weighted by molar-refractivity contribution is 5.76. The van der Waals surface area contributed by atoms with E-state index in [1.165, 1.54) is 7.11 Å². The topological polar surface area (TPSA) is 78.3 Å². The van der Waals surface area contributed by atoms with E-state index in [0.717, 1.165) is 0 Å². The van der Waals surface area contributed by atoms with Crippen LogP contribution in [-0.4, -0.2) is 25.2 Å². The van der Waals surface area contributed by atoms with E-state index >= 15 is 0 Å². The molecule has 0 amide bonds. The minimum atomic E-state index is -0.685. The molecule has 0 bridgehead atoms. The third-order valence-electron chi connectivity index (χ3n) is 1.41. The summed E-state index contributed by atoms with van der Waals surface area (Å²) in [5.41, 5.74) is 10.8. The van der Waals surface area contributed by atoms with Crippen molar-refractivity contribution in [3.8, 4) is 0 Å². The Bertz CT molecular complexity index is 116. The van der Waals surface area contributed by atoms with E-state index in [1.807, 2.05) is 6.92 Å². The number of esters is 1. The van der Waals surface area contributed by atoms with Crippen LogP contribution in [0.2, 0.25) is 0 Å². The van der Waals surface area contributed by atoms with Gasteiger partial charge in [-0.2, -0.15) is 0 Å². The van der Waals surface area contributed by atoms with Gasteiger partial charge in [0.15, 0.2) is 0 Å². The van der Waals surface area contributed by atoms with Gasteiger partial charge in [-0.3, -0.25) is 4.79 Å². The summed E-state index contributed by atoms with van der Waals surface area (Å²) in [6.45, 7) is 1.87. The SMILES string of the molecule is CCC(N)C(N)C(=O)OC. The number of hydrogen-bond acceptors (Lipinski definition) is 4. The summed E-state index contributed by atoms with van der Waals surface area (Å²) < 4.78 is 4.39. The van der Waals surface area contributed by atoms with Crippen LogP contribution < -0.4 is 11.5 Å². The molecule has 0 radical (unpaired) electrons. The molecule has 0 saturated carbocycles. The van der Waals surface area contributed by atoms with Gasteiger partial charge < -0.3 is 16.2 Å². The molecule has 60 valence electrons. The zero-order valence-corrected chi connectivity index (χ0v) is 6.33. The number of ether oxygens (including phenoxy) is 1. The van der Waals surface area contributed by atoms with Crippen molar-refractivity contribution < 1.29 is 9.53 Å². The first-order chi connectivity index (χ1) is 4.63. The summed E-state index contributed by atoms with van der Waals surface area (Å²) in [5.74, 6) is -0.450. The Balaban J connectivity index is 3.81. The van der Waals surface area contributed by atoms with Gasteiger partial charge in [-0.1, -0.05) is 6.92 Å². The van der Waals surface area contributed by atoms with E-state index in [0.29, 0.717) is 6.42 Å². The van der Waals surface area contributed by atoms with Crippen LogP contribution in [0, 0.1) is 0 Å². The maximum Gasteiger partial charge on any atom is 0.324 e. The van der Waals surface area contributed by atoms with E-state index in [9.17, 15) is 4.79 Å². The third kappa shape index (κ3) is 2.33. The molecular formula is C6H14N2O2. The molecule has 0 spiro atoms. The molecule has 4 nitrogen and oxygen atoms in total. The Labute approximate surface area is 60.5 Å². The Morgan fingerprint density at radius 3 is 2.40 bits per heavy atom. The van der Waals surface area contributed by atoms with E-state index < -0.39 is 12.0 Å². The molecule has 4 heteroatoms. The van der Waals surface area contributed by atoms with Crippen molar-refractivity contribution in [1.29, 1.82) is 0 Å². The van der Waals surface area contributed by atoms with Crippen molar-refractivity contribution in [1.82, 2.24) is 0 Å². The Hall–Kier alpha value is -0.610. The standard InChI is InChI=1S/C6H14N2O2/c1-3-4(7)5(8)6(9)10-2/h4-5H,3,7-8H2,1-2H3. The number of carbonyl (C=O) groups is 1. The van der Waals surface area contributed by atoms with Crippen molar-refractivity contribution in [2.45, 2.75) is 25.4 Å². The van der Waals surface area contributed by atoms with Gasteiger partial charge in [0, 0.05) is 6.04 Å². The van der Waals surface area contributed by atoms with Gasteiger partial charge in [0.1, 0.15) is 6.04 Å². The van der Waals surface area contributed by atoms with Crippen molar-refractivity contribution in [3.05, 3.63) is 0 Å². The first-order valence-corrected chi connectivity index (χ1v) is 3.22. The summed E-state index contributed by atoms with van der Waals surface area (Å²) in [5, 5.41) is 0. The molecule has 0 saturated heterocycles. The monoisotopic (exact) mass is 146 g/mol. The van der Waals surface area contributed by atoms with Gasteiger partial charge in [-0.05, 0) is 6.42 Å². The minimum Gasteiger partial charge on any atom is -0.468 e. The molecule has 0 aromatic rings.